The molecule has 1 aromatic rings. The van der Waals surface area contributed by atoms with Gasteiger partial charge in [-0.15, -0.1) is 0 Å². The molecule has 4 nitrogen and oxygen atoms in total. The van der Waals surface area contributed by atoms with Crippen LogP contribution >= 0.6 is 0 Å². The predicted molar refractivity (Wildman–Crippen MR) is 89.9 cm³/mol. The molecular formula is C19H25N3O. The number of carbonyl (C=O) groups excluding carboxylic acids is 1. The van der Waals surface area contributed by atoms with E-state index in [2.05, 4.69) is 22.8 Å². The molecular weight excluding hydrogens is 286 g/mol. The maximum absolute atomic E-state index is 12.8. The molecule has 2 atom stereocenters. The van der Waals surface area contributed by atoms with Gasteiger partial charge in [0.25, 0.3) is 0 Å². The Bertz CT molecular complexity index is 590. The number of hydrogen-bond donors (Lipinski definition) is 0. The summed E-state index contributed by atoms with van der Waals surface area (Å²) in [7, 11) is 0. The molecule has 0 aliphatic carbocycles. The van der Waals surface area contributed by atoms with Gasteiger partial charge in [0.15, 0.2) is 0 Å². The molecule has 0 aromatic heterocycles. The van der Waals surface area contributed by atoms with Crippen molar-refractivity contribution < 1.29 is 4.79 Å². The van der Waals surface area contributed by atoms with Gasteiger partial charge in [0, 0.05) is 18.6 Å². The lowest BCUT2D eigenvalue weighted by atomic mass is 10.0. The van der Waals surface area contributed by atoms with Gasteiger partial charge in [-0.3, -0.25) is 9.69 Å². The summed E-state index contributed by atoms with van der Waals surface area (Å²) in [6, 6.07) is 10.4. The van der Waals surface area contributed by atoms with Gasteiger partial charge < -0.3 is 4.90 Å². The van der Waals surface area contributed by atoms with Crippen molar-refractivity contribution in [2.24, 2.45) is 0 Å². The summed E-state index contributed by atoms with van der Waals surface area (Å²) in [6.45, 7) is 5.37. The van der Waals surface area contributed by atoms with E-state index in [1.807, 2.05) is 12.1 Å². The van der Waals surface area contributed by atoms with Crippen molar-refractivity contribution in [3.05, 3.63) is 35.4 Å². The molecule has 2 aliphatic heterocycles. The van der Waals surface area contributed by atoms with Gasteiger partial charge in [-0.25, -0.2) is 0 Å². The minimum Gasteiger partial charge on any atom is -0.338 e. The first-order chi connectivity index (χ1) is 11.2. The van der Waals surface area contributed by atoms with Crippen LogP contribution < -0.4 is 0 Å². The minimum absolute atomic E-state index is 0.236. The van der Waals surface area contributed by atoms with Crippen LogP contribution in [-0.2, 0) is 11.2 Å². The fourth-order valence-corrected chi connectivity index (χ4v) is 4.16. The molecule has 1 aromatic carbocycles. The molecule has 3 rings (SSSR count). The highest BCUT2D eigenvalue weighted by Gasteiger charge is 2.38. The molecule has 23 heavy (non-hydrogen) atoms. The van der Waals surface area contributed by atoms with Crippen LogP contribution in [0.5, 0.6) is 0 Å². The van der Waals surface area contributed by atoms with Crippen molar-refractivity contribution in [2.45, 2.75) is 51.1 Å². The third kappa shape index (κ3) is 3.40. The number of benzene rings is 1. The summed E-state index contributed by atoms with van der Waals surface area (Å²) in [5.74, 6) is 0.236. The standard InChI is InChI=1S/C19H25N3O/c1-2-21-11-3-5-17(21)18-6-4-12-22(18)19(23)13-15-7-9-16(14-20)10-8-15/h7-10,17-18H,2-6,11-13H2,1H3/t17-,18-/m1/s1. The normalized spacial score (nSPS) is 24.8. The van der Waals surface area contributed by atoms with E-state index in [0.717, 1.165) is 31.5 Å². The Hall–Kier alpha value is -1.86. The number of amides is 1. The van der Waals surface area contributed by atoms with E-state index in [9.17, 15) is 4.79 Å². The molecule has 2 fully saturated rings. The summed E-state index contributed by atoms with van der Waals surface area (Å²) in [6.07, 6.45) is 5.19. The molecule has 0 saturated carbocycles. The Morgan fingerprint density at radius 2 is 1.87 bits per heavy atom. The average Bonchev–Trinajstić information content (AvgIpc) is 3.23. The van der Waals surface area contributed by atoms with Gasteiger partial charge in [0.1, 0.15) is 0 Å². The van der Waals surface area contributed by atoms with Crippen LogP contribution in [0.2, 0.25) is 0 Å². The van der Waals surface area contributed by atoms with Gasteiger partial charge in [-0.2, -0.15) is 5.26 Å². The van der Waals surface area contributed by atoms with Crippen molar-refractivity contribution in [3.63, 3.8) is 0 Å². The molecule has 1 amide bonds. The lowest BCUT2D eigenvalue weighted by Crippen LogP contribution is -2.48. The highest BCUT2D eigenvalue weighted by atomic mass is 16.2. The van der Waals surface area contributed by atoms with E-state index in [0.29, 0.717) is 24.1 Å². The third-order valence-corrected chi connectivity index (χ3v) is 5.32. The molecule has 2 saturated heterocycles. The number of hydrogen-bond acceptors (Lipinski definition) is 3. The Labute approximate surface area is 138 Å². The van der Waals surface area contributed by atoms with Crippen molar-refractivity contribution in [3.8, 4) is 6.07 Å². The largest absolute Gasteiger partial charge is 0.338 e. The number of likely N-dealkylation sites (tertiary alicyclic amines) is 2. The predicted octanol–water partition coefficient (Wildman–Crippen LogP) is 2.58. The van der Waals surface area contributed by atoms with E-state index in [1.165, 1.54) is 19.4 Å². The molecule has 122 valence electrons. The van der Waals surface area contributed by atoms with Crippen LogP contribution in [-0.4, -0.2) is 47.4 Å². The first kappa shape index (κ1) is 16.0. The molecule has 0 unspecified atom stereocenters. The second-order valence-electron chi connectivity index (χ2n) is 6.62. The molecule has 0 N–H and O–H groups in total. The lowest BCUT2D eigenvalue weighted by Gasteiger charge is -2.34. The van der Waals surface area contributed by atoms with Crippen molar-refractivity contribution in [1.82, 2.24) is 9.80 Å². The topological polar surface area (TPSA) is 47.3 Å². The Morgan fingerprint density at radius 1 is 1.17 bits per heavy atom. The first-order valence-electron chi connectivity index (χ1n) is 8.75. The van der Waals surface area contributed by atoms with Gasteiger partial charge in [-0.1, -0.05) is 19.1 Å². The van der Waals surface area contributed by atoms with Gasteiger partial charge in [-0.05, 0) is 56.5 Å². The van der Waals surface area contributed by atoms with Crippen LogP contribution in [0.4, 0.5) is 0 Å². The number of carbonyl (C=O) groups is 1. The maximum atomic E-state index is 12.8. The lowest BCUT2D eigenvalue weighted by molar-refractivity contribution is -0.132. The fourth-order valence-electron chi connectivity index (χ4n) is 4.16. The van der Waals surface area contributed by atoms with Crippen molar-refractivity contribution >= 4 is 5.91 Å². The number of likely N-dealkylation sites (N-methyl/N-ethyl adjacent to an activating group) is 1. The van der Waals surface area contributed by atoms with Gasteiger partial charge >= 0.3 is 0 Å². The van der Waals surface area contributed by atoms with Gasteiger partial charge in [0.05, 0.1) is 18.1 Å². The second-order valence-corrected chi connectivity index (χ2v) is 6.62. The molecule has 0 bridgehead atoms. The smallest absolute Gasteiger partial charge is 0.227 e. The highest BCUT2D eigenvalue weighted by Crippen LogP contribution is 2.30. The third-order valence-electron chi connectivity index (χ3n) is 5.32. The molecule has 0 radical (unpaired) electrons. The zero-order chi connectivity index (χ0) is 16.2. The average molecular weight is 311 g/mol. The van der Waals surface area contributed by atoms with Crippen LogP contribution in [0.15, 0.2) is 24.3 Å². The van der Waals surface area contributed by atoms with Crippen LogP contribution in [0.3, 0.4) is 0 Å². The van der Waals surface area contributed by atoms with Crippen LogP contribution in [0, 0.1) is 11.3 Å². The molecule has 4 heteroatoms. The number of rotatable bonds is 4. The number of nitrogens with zero attached hydrogens (tertiary/aromatic N) is 3. The van der Waals surface area contributed by atoms with Crippen LogP contribution in [0.25, 0.3) is 0 Å². The first-order valence-corrected chi connectivity index (χ1v) is 8.75. The van der Waals surface area contributed by atoms with Crippen molar-refractivity contribution in [1.29, 1.82) is 5.26 Å². The summed E-state index contributed by atoms with van der Waals surface area (Å²) in [5.41, 5.74) is 1.64. The second kappa shape index (κ2) is 7.14. The van der Waals surface area contributed by atoms with Crippen molar-refractivity contribution in [2.75, 3.05) is 19.6 Å². The van der Waals surface area contributed by atoms with E-state index < -0.39 is 0 Å². The Balaban J connectivity index is 1.67. The van der Waals surface area contributed by atoms with E-state index >= 15 is 0 Å². The summed E-state index contributed by atoms with van der Waals surface area (Å²) < 4.78 is 0. The molecule has 2 heterocycles. The highest BCUT2D eigenvalue weighted by molar-refractivity contribution is 5.79. The van der Waals surface area contributed by atoms with Crippen LogP contribution in [0.1, 0.15) is 43.7 Å². The Morgan fingerprint density at radius 3 is 2.57 bits per heavy atom. The van der Waals surface area contributed by atoms with E-state index in [4.69, 9.17) is 5.26 Å². The minimum atomic E-state index is 0.236. The monoisotopic (exact) mass is 311 g/mol. The fraction of sp³-hybridized carbons (Fsp3) is 0.579. The zero-order valence-corrected chi connectivity index (χ0v) is 13.9. The summed E-state index contributed by atoms with van der Waals surface area (Å²) in [5, 5.41) is 8.86. The molecule has 0 spiro atoms. The SMILES string of the molecule is CCN1CCC[C@@H]1[C@H]1CCCN1C(=O)Cc1ccc(C#N)cc1. The Kier molecular flexibility index (Phi) is 4.97. The van der Waals surface area contributed by atoms with Gasteiger partial charge in [0.2, 0.25) is 5.91 Å². The zero-order valence-electron chi connectivity index (χ0n) is 13.9. The van der Waals surface area contributed by atoms with E-state index in [-0.39, 0.29) is 5.91 Å². The van der Waals surface area contributed by atoms with E-state index in [1.54, 1.807) is 12.1 Å². The summed E-state index contributed by atoms with van der Waals surface area (Å²) >= 11 is 0. The number of nitriles is 1. The molecule has 2 aliphatic rings. The quantitative estimate of drug-likeness (QED) is 0.858. The summed E-state index contributed by atoms with van der Waals surface area (Å²) in [4.78, 5) is 17.4. The maximum Gasteiger partial charge on any atom is 0.227 e.